The van der Waals surface area contributed by atoms with Gasteiger partial charge in [-0.25, -0.2) is 5.43 Å². The van der Waals surface area contributed by atoms with Crippen molar-refractivity contribution in [1.82, 2.24) is 20.7 Å². The molecule has 3 fully saturated rings. The maximum Gasteiger partial charge on any atom is 0.241 e. The summed E-state index contributed by atoms with van der Waals surface area (Å²) in [5.74, 6) is 0.691. The number of hydrogen-bond donors (Lipinski definition) is 2. The van der Waals surface area contributed by atoms with Crippen molar-refractivity contribution in [3.63, 3.8) is 0 Å². The van der Waals surface area contributed by atoms with Crippen LogP contribution in [0.15, 0.2) is 18.5 Å². The quantitative estimate of drug-likeness (QED) is 0.845. The molecule has 0 spiro atoms. The lowest BCUT2D eigenvalue weighted by atomic mass is 9.81. The molecule has 1 aliphatic carbocycles. The Balaban J connectivity index is 1.37. The minimum absolute atomic E-state index is 0.0636. The minimum Gasteiger partial charge on any atom is -0.367 e. The number of rotatable bonds is 2. The molecule has 2 saturated heterocycles. The molecular weight excluding hydrogens is 326 g/mol. The van der Waals surface area contributed by atoms with Gasteiger partial charge in [0, 0.05) is 50.5 Å². The summed E-state index contributed by atoms with van der Waals surface area (Å²) in [6.45, 7) is 3.10. The van der Waals surface area contributed by atoms with Crippen LogP contribution < -0.4 is 15.8 Å². The third kappa shape index (κ3) is 2.98. The molecule has 130 valence electrons. The van der Waals surface area contributed by atoms with Crippen LogP contribution in [0.4, 0.5) is 5.69 Å². The van der Waals surface area contributed by atoms with E-state index < -0.39 is 0 Å². The zero-order valence-electron chi connectivity index (χ0n) is 13.7. The average Bonchev–Trinajstić information content (AvgIpc) is 3.06. The highest BCUT2D eigenvalue weighted by atomic mass is 35.5. The average molecular weight is 350 g/mol. The largest absolute Gasteiger partial charge is 0.367 e. The summed E-state index contributed by atoms with van der Waals surface area (Å²) in [5, 5.41) is 0.670. The SMILES string of the molecule is O=C(C1NNC2CCCCC21)N1CCN(c2ccncc2Cl)CC1. The first-order valence-electron chi connectivity index (χ1n) is 8.88. The fourth-order valence-corrected chi connectivity index (χ4v) is 4.51. The molecule has 3 heterocycles. The first kappa shape index (κ1) is 16.1. The first-order valence-corrected chi connectivity index (χ1v) is 9.26. The lowest BCUT2D eigenvalue weighted by Crippen LogP contribution is -2.55. The highest BCUT2D eigenvalue weighted by molar-refractivity contribution is 6.33. The lowest BCUT2D eigenvalue weighted by molar-refractivity contribution is -0.134. The zero-order valence-corrected chi connectivity index (χ0v) is 14.5. The van der Waals surface area contributed by atoms with Gasteiger partial charge in [0.2, 0.25) is 5.91 Å². The van der Waals surface area contributed by atoms with E-state index in [0.29, 0.717) is 17.0 Å². The van der Waals surface area contributed by atoms with Gasteiger partial charge in [-0.1, -0.05) is 24.4 Å². The van der Waals surface area contributed by atoms with Crippen molar-refractivity contribution in [1.29, 1.82) is 0 Å². The van der Waals surface area contributed by atoms with Crippen molar-refractivity contribution in [2.75, 3.05) is 31.1 Å². The molecule has 7 heteroatoms. The summed E-state index contributed by atoms with van der Waals surface area (Å²) in [6, 6.07) is 2.34. The Morgan fingerprint density at radius 1 is 1.17 bits per heavy atom. The third-order valence-electron chi connectivity index (χ3n) is 5.62. The zero-order chi connectivity index (χ0) is 16.5. The van der Waals surface area contributed by atoms with Crippen molar-refractivity contribution in [2.45, 2.75) is 37.8 Å². The maximum absolute atomic E-state index is 12.9. The van der Waals surface area contributed by atoms with Gasteiger partial charge in [-0.2, -0.15) is 0 Å². The molecule has 6 nitrogen and oxygen atoms in total. The molecule has 1 amide bonds. The van der Waals surface area contributed by atoms with Gasteiger partial charge >= 0.3 is 0 Å². The van der Waals surface area contributed by atoms with E-state index in [-0.39, 0.29) is 11.9 Å². The number of aromatic nitrogens is 1. The van der Waals surface area contributed by atoms with Gasteiger partial charge in [0.05, 0.1) is 10.7 Å². The Labute approximate surface area is 147 Å². The topological polar surface area (TPSA) is 60.5 Å². The molecule has 3 aliphatic rings. The van der Waals surface area contributed by atoms with Crippen LogP contribution in [0.2, 0.25) is 5.02 Å². The van der Waals surface area contributed by atoms with Crippen LogP contribution in [0, 0.1) is 5.92 Å². The predicted octanol–water partition coefficient (Wildman–Crippen LogP) is 1.42. The molecule has 0 aromatic carbocycles. The number of pyridine rings is 1. The van der Waals surface area contributed by atoms with Gasteiger partial charge in [-0.05, 0) is 18.9 Å². The van der Waals surface area contributed by atoms with Crippen molar-refractivity contribution in [2.24, 2.45) is 5.92 Å². The van der Waals surface area contributed by atoms with E-state index >= 15 is 0 Å². The van der Waals surface area contributed by atoms with Crippen molar-refractivity contribution in [3.05, 3.63) is 23.5 Å². The molecule has 24 heavy (non-hydrogen) atoms. The number of nitrogens with one attached hydrogen (secondary N) is 2. The second-order valence-corrected chi connectivity index (χ2v) is 7.37. The van der Waals surface area contributed by atoms with Crippen molar-refractivity contribution < 1.29 is 4.79 Å². The third-order valence-corrected chi connectivity index (χ3v) is 5.91. The van der Waals surface area contributed by atoms with Crippen LogP contribution in [0.3, 0.4) is 0 Å². The Morgan fingerprint density at radius 3 is 2.75 bits per heavy atom. The smallest absolute Gasteiger partial charge is 0.241 e. The highest BCUT2D eigenvalue weighted by Crippen LogP contribution is 2.31. The van der Waals surface area contributed by atoms with Gasteiger partial charge in [0.15, 0.2) is 0 Å². The molecule has 4 rings (SSSR count). The van der Waals surface area contributed by atoms with E-state index in [4.69, 9.17) is 11.6 Å². The fraction of sp³-hybridized carbons (Fsp3) is 0.647. The normalized spacial score (nSPS) is 30.3. The highest BCUT2D eigenvalue weighted by Gasteiger charge is 2.42. The fourth-order valence-electron chi connectivity index (χ4n) is 4.28. The molecule has 2 aliphatic heterocycles. The van der Waals surface area contributed by atoms with Crippen LogP contribution in [0.5, 0.6) is 0 Å². The summed E-state index contributed by atoms with van der Waals surface area (Å²) in [5.41, 5.74) is 7.61. The number of hydrazine groups is 1. The molecule has 0 radical (unpaired) electrons. The molecule has 1 aromatic heterocycles. The Bertz CT molecular complexity index is 604. The van der Waals surface area contributed by atoms with Gasteiger partial charge in [-0.15, -0.1) is 0 Å². The molecule has 1 saturated carbocycles. The van der Waals surface area contributed by atoms with E-state index in [9.17, 15) is 4.79 Å². The number of piperazine rings is 1. The van der Waals surface area contributed by atoms with Crippen molar-refractivity contribution in [3.8, 4) is 0 Å². The Hall–Kier alpha value is -1.37. The van der Waals surface area contributed by atoms with Crippen LogP contribution in [-0.4, -0.2) is 54.1 Å². The number of anilines is 1. The molecule has 2 N–H and O–H groups in total. The molecule has 0 bridgehead atoms. The van der Waals surface area contributed by atoms with Gasteiger partial charge in [0.1, 0.15) is 6.04 Å². The van der Waals surface area contributed by atoms with Crippen LogP contribution in [-0.2, 0) is 4.79 Å². The van der Waals surface area contributed by atoms with E-state index in [1.54, 1.807) is 12.4 Å². The van der Waals surface area contributed by atoms with Crippen LogP contribution in [0.25, 0.3) is 0 Å². The Kier molecular flexibility index (Phi) is 4.61. The number of carbonyl (C=O) groups is 1. The van der Waals surface area contributed by atoms with Gasteiger partial charge in [0.25, 0.3) is 0 Å². The van der Waals surface area contributed by atoms with E-state index in [1.165, 1.54) is 19.3 Å². The summed E-state index contributed by atoms with van der Waals surface area (Å²) < 4.78 is 0. The van der Waals surface area contributed by atoms with Crippen molar-refractivity contribution >= 4 is 23.2 Å². The molecule has 3 unspecified atom stereocenters. The van der Waals surface area contributed by atoms with Gasteiger partial charge < -0.3 is 9.80 Å². The molecule has 1 aromatic rings. The first-order chi connectivity index (χ1) is 11.7. The number of hydrogen-bond acceptors (Lipinski definition) is 5. The summed E-state index contributed by atoms with van der Waals surface area (Å²) in [6.07, 6.45) is 8.26. The summed E-state index contributed by atoms with van der Waals surface area (Å²) in [4.78, 5) is 21.2. The van der Waals surface area contributed by atoms with Gasteiger partial charge in [-0.3, -0.25) is 15.2 Å². The molecular formula is C17H24ClN5O. The predicted molar refractivity (Wildman–Crippen MR) is 93.8 cm³/mol. The number of amides is 1. The number of halogens is 1. The monoisotopic (exact) mass is 349 g/mol. The second-order valence-electron chi connectivity index (χ2n) is 6.96. The van der Waals surface area contributed by atoms with Crippen LogP contribution >= 0.6 is 11.6 Å². The number of nitrogens with zero attached hydrogens (tertiary/aromatic N) is 3. The second kappa shape index (κ2) is 6.86. The lowest BCUT2D eigenvalue weighted by Gasteiger charge is -2.38. The number of fused-ring (bicyclic) bond motifs is 1. The Morgan fingerprint density at radius 2 is 1.96 bits per heavy atom. The maximum atomic E-state index is 12.9. The summed E-state index contributed by atoms with van der Waals surface area (Å²) in [7, 11) is 0. The molecule has 3 atom stereocenters. The minimum atomic E-state index is -0.0636. The van der Waals surface area contributed by atoms with E-state index in [1.807, 2.05) is 11.0 Å². The van der Waals surface area contributed by atoms with Crippen LogP contribution in [0.1, 0.15) is 25.7 Å². The van der Waals surface area contributed by atoms with E-state index in [2.05, 4.69) is 20.7 Å². The van der Waals surface area contributed by atoms with E-state index in [0.717, 1.165) is 38.3 Å². The summed E-state index contributed by atoms with van der Waals surface area (Å²) >= 11 is 6.23. The number of carbonyl (C=O) groups excluding carboxylic acids is 1. The standard InChI is InChI=1S/C17H24ClN5O/c18-13-11-19-6-5-15(13)22-7-9-23(10-8-22)17(24)16-12-3-1-2-4-14(12)20-21-16/h5-6,11-12,14,16,20-21H,1-4,7-10H2.